The van der Waals surface area contributed by atoms with Crippen LogP contribution in [0.4, 0.5) is 5.69 Å². The normalized spacial score (nSPS) is 10.5. The van der Waals surface area contributed by atoms with Crippen molar-refractivity contribution in [3.8, 4) is 11.3 Å². The lowest BCUT2D eigenvalue weighted by Gasteiger charge is -2.14. The fourth-order valence-electron chi connectivity index (χ4n) is 2.27. The van der Waals surface area contributed by atoms with Gasteiger partial charge in [-0.05, 0) is 46.7 Å². The molecule has 122 valence electrons. The SMILES string of the molecule is CN(Cc1ccsc1)C(=O)c1ccc(-c2ccc([N+](=O)[O-])cc2)o1. The van der Waals surface area contributed by atoms with Crippen LogP contribution in [0.1, 0.15) is 16.1 Å². The van der Waals surface area contributed by atoms with Crippen LogP contribution in [0, 0.1) is 10.1 Å². The number of thiophene rings is 1. The predicted octanol–water partition coefficient (Wildman–Crippen LogP) is 4.19. The largest absolute Gasteiger partial charge is 0.451 e. The molecule has 0 saturated heterocycles. The fourth-order valence-corrected chi connectivity index (χ4v) is 2.93. The molecular weight excluding hydrogens is 328 g/mol. The monoisotopic (exact) mass is 342 g/mol. The highest BCUT2D eigenvalue weighted by Crippen LogP contribution is 2.25. The van der Waals surface area contributed by atoms with Gasteiger partial charge in [-0.2, -0.15) is 11.3 Å². The number of nitro groups is 1. The van der Waals surface area contributed by atoms with E-state index in [9.17, 15) is 14.9 Å². The zero-order chi connectivity index (χ0) is 17.1. The van der Waals surface area contributed by atoms with Crippen LogP contribution >= 0.6 is 11.3 Å². The van der Waals surface area contributed by atoms with Crippen molar-refractivity contribution in [1.29, 1.82) is 0 Å². The lowest BCUT2D eigenvalue weighted by Crippen LogP contribution is -2.25. The third-order valence-corrected chi connectivity index (χ3v) is 4.26. The van der Waals surface area contributed by atoms with Crippen LogP contribution < -0.4 is 0 Å². The van der Waals surface area contributed by atoms with Crippen molar-refractivity contribution in [1.82, 2.24) is 4.90 Å². The van der Waals surface area contributed by atoms with Crippen molar-refractivity contribution < 1.29 is 14.1 Å². The molecule has 6 nitrogen and oxygen atoms in total. The molecule has 2 aromatic heterocycles. The first-order valence-electron chi connectivity index (χ1n) is 7.16. The number of nitrogens with zero attached hydrogens (tertiary/aromatic N) is 2. The summed E-state index contributed by atoms with van der Waals surface area (Å²) in [6.07, 6.45) is 0. The van der Waals surface area contributed by atoms with Gasteiger partial charge in [0.2, 0.25) is 0 Å². The Labute approximate surface area is 142 Å². The van der Waals surface area contributed by atoms with Crippen LogP contribution in [0.15, 0.2) is 57.6 Å². The van der Waals surface area contributed by atoms with E-state index >= 15 is 0 Å². The summed E-state index contributed by atoms with van der Waals surface area (Å²) in [5, 5.41) is 14.6. The molecule has 3 rings (SSSR count). The maximum atomic E-state index is 12.4. The molecule has 0 radical (unpaired) electrons. The van der Waals surface area contributed by atoms with Crippen molar-refractivity contribution in [3.05, 3.63) is 74.7 Å². The van der Waals surface area contributed by atoms with E-state index in [0.717, 1.165) is 5.56 Å². The summed E-state index contributed by atoms with van der Waals surface area (Å²) in [7, 11) is 1.72. The number of carbonyl (C=O) groups excluding carboxylic acids is 1. The molecule has 1 aromatic carbocycles. The molecular formula is C17H14N2O4S. The van der Waals surface area contributed by atoms with Crippen molar-refractivity contribution in [2.24, 2.45) is 0 Å². The van der Waals surface area contributed by atoms with Crippen LogP contribution in [0.2, 0.25) is 0 Å². The Morgan fingerprint density at radius 1 is 1.21 bits per heavy atom. The number of hydrogen-bond donors (Lipinski definition) is 0. The molecule has 0 bridgehead atoms. The quantitative estimate of drug-likeness (QED) is 0.514. The molecule has 2 heterocycles. The lowest BCUT2D eigenvalue weighted by atomic mass is 10.1. The number of hydrogen-bond acceptors (Lipinski definition) is 5. The third kappa shape index (κ3) is 3.36. The number of carbonyl (C=O) groups is 1. The number of benzene rings is 1. The van der Waals surface area contributed by atoms with Gasteiger partial charge in [-0.1, -0.05) is 0 Å². The van der Waals surface area contributed by atoms with Gasteiger partial charge in [-0.15, -0.1) is 0 Å². The van der Waals surface area contributed by atoms with Gasteiger partial charge in [0.1, 0.15) is 5.76 Å². The Balaban J connectivity index is 1.74. The number of rotatable bonds is 5. The van der Waals surface area contributed by atoms with E-state index in [1.807, 2.05) is 16.8 Å². The number of nitro benzene ring substituents is 1. The van der Waals surface area contributed by atoms with Crippen molar-refractivity contribution in [3.63, 3.8) is 0 Å². The van der Waals surface area contributed by atoms with E-state index in [4.69, 9.17) is 4.42 Å². The maximum Gasteiger partial charge on any atom is 0.289 e. The summed E-state index contributed by atoms with van der Waals surface area (Å²) < 4.78 is 5.61. The van der Waals surface area contributed by atoms with Gasteiger partial charge in [0, 0.05) is 31.3 Å². The van der Waals surface area contributed by atoms with E-state index in [2.05, 4.69) is 0 Å². The Hall–Kier alpha value is -2.93. The van der Waals surface area contributed by atoms with E-state index < -0.39 is 4.92 Å². The molecule has 24 heavy (non-hydrogen) atoms. The average molecular weight is 342 g/mol. The summed E-state index contributed by atoms with van der Waals surface area (Å²) in [5.41, 5.74) is 1.76. The fraction of sp³-hybridized carbons (Fsp3) is 0.118. The summed E-state index contributed by atoms with van der Waals surface area (Å²) in [5.74, 6) is 0.521. The molecule has 3 aromatic rings. The van der Waals surface area contributed by atoms with Crippen LogP contribution in [0.25, 0.3) is 11.3 Å². The highest BCUT2D eigenvalue weighted by molar-refractivity contribution is 7.07. The van der Waals surface area contributed by atoms with Crippen molar-refractivity contribution >= 4 is 22.9 Å². The zero-order valence-corrected chi connectivity index (χ0v) is 13.7. The van der Waals surface area contributed by atoms with E-state index in [0.29, 0.717) is 17.9 Å². The highest BCUT2D eigenvalue weighted by atomic mass is 32.1. The molecule has 0 fully saturated rings. The van der Waals surface area contributed by atoms with Gasteiger partial charge in [-0.3, -0.25) is 14.9 Å². The number of non-ortho nitro benzene ring substituents is 1. The Morgan fingerprint density at radius 3 is 2.58 bits per heavy atom. The maximum absolute atomic E-state index is 12.4. The van der Waals surface area contributed by atoms with Crippen LogP contribution in [0.3, 0.4) is 0 Å². The Bertz CT molecular complexity index is 853. The van der Waals surface area contributed by atoms with Gasteiger partial charge < -0.3 is 9.32 Å². The summed E-state index contributed by atoms with van der Waals surface area (Å²) in [6.45, 7) is 0.510. The van der Waals surface area contributed by atoms with Gasteiger partial charge in [0.15, 0.2) is 5.76 Å². The molecule has 0 aliphatic heterocycles. The summed E-state index contributed by atoms with van der Waals surface area (Å²) in [6, 6.07) is 11.3. The van der Waals surface area contributed by atoms with Gasteiger partial charge in [0.05, 0.1) is 4.92 Å². The van der Waals surface area contributed by atoms with E-state index in [1.54, 1.807) is 47.5 Å². The molecule has 0 spiro atoms. The van der Waals surface area contributed by atoms with E-state index in [-0.39, 0.29) is 17.4 Å². The zero-order valence-electron chi connectivity index (χ0n) is 12.8. The molecule has 0 N–H and O–H groups in total. The predicted molar refractivity (Wildman–Crippen MR) is 90.9 cm³/mol. The van der Waals surface area contributed by atoms with Crippen LogP contribution in [0.5, 0.6) is 0 Å². The Kier molecular flexibility index (Phi) is 4.43. The average Bonchev–Trinajstić information content (AvgIpc) is 3.26. The van der Waals surface area contributed by atoms with Crippen LogP contribution in [-0.4, -0.2) is 22.8 Å². The second-order valence-electron chi connectivity index (χ2n) is 5.26. The highest BCUT2D eigenvalue weighted by Gasteiger charge is 2.17. The number of furan rings is 1. The van der Waals surface area contributed by atoms with Crippen molar-refractivity contribution in [2.45, 2.75) is 6.54 Å². The topological polar surface area (TPSA) is 76.6 Å². The first-order chi connectivity index (χ1) is 11.5. The minimum absolute atomic E-state index is 0.0112. The van der Waals surface area contributed by atoms with Gasteiger partial charge >= 0.3 is 0 Å². The summed E-state index contributed by atoms with van der Waals surface area (Å²) in [4.78, 5) is 24.2. The molecule has 0 aliphatic rings. The molecule has 7 heteroatoms. The first-order valence-corrected chi connectivity index (χ1v) is 8.10. The van der Waals surface area contributed by atoms with Crippen LogP contribution in [-0.2, 0) is 6.54 Å². The Morgan fingerprint density at radius 2 is 1.96 bits per heavy atom. The third-order valence-electron chi connectivity index (χ3n) is 3.53. The second kappa shape index (κ2) is 6.67. The molecule has 0 saturated carbocycles. The van der Waals surface area contributed by atoms with Crippen molar-refractivity contribution in [2.75, 3.05) is 7.05 Å². The molecule has 0 aliphatic carbocycles. The smallest absolute Gasteiger partial charge is 0.289 e. The number of amides is 1. The second-order valence-corrected chi connectivity index (χ2v) is 6.04. The molecule has 0 unspecified atom stereocenters. The standard InChI is InChI=1S/C17H14N2O4S/c1-18(10-12-8-9-24-11-12)17(20)16-7-6-15(23-16)13-2-4-14(5-3-13)19(21)22/h2-9,11H,10H2,1H3. The first kappa shape index (κ1) is 15.9. The van der Waals surface area contributed by atoms with E-state index in [1.165, 1.54) is 12.1 Å². The molecule has 0 atom stereocenters. The van der Waals surface area contributed by atoms with Gasteiger partial charge in [-0.25, -0.2) is 0 Å². The van der Waals surface area contributed by atoms with Gasteiger partial charge in [0.25, 0.3) is 11.6 Å². The lowest BCUT2D eigenvalue weighted by molar-refractivity contribution is -0.384. The summed E-state index contributed by atoms with van der Waals surface area (Å²) >= 11 is 1.58. The minimum atomic E-state index is -0.458. The minimum Gasteiger partial charge on any atom is -0.451 e. The molecule has 1 amide bonds.